The third kappa shape index (κ3) is 2.58. The molecule has 1 heterocycles. The Morgan fingerprint density at radius 1 is 1.33 bits per heavy atom. The second kappa shape index (κ2) is 5.19. The van der Waals surface area contributed by atoms with Crippen molar-refractivity contribution < 1.29 is 9.21 Å². The van der Waals surface area contributed by atoms with E-state index >= 15 is 0 Å². The maximum absolute atomic E-state index is 11.8. The van der Waals surface area contributed by atoms with Crippen LogP contribution < -0.4 is 5.32 Å². The Balaban J connectivity index is 2.13. The first kappa shape index (κ1) is 11.9. The average molecular weight is 240 g/mol. The lowest BCUT2D eigenvalue weighted by Gasteiger charge is -2.11. The summed E-state index contributed by atoms with van der Waals surface area (Å²) in [5, 5.41) is 11.7. The Bertz CT molecular complexity index is 565. The smallest absolute Gasteiger partial charge is 0.288 e. The van der Waals surface area contributed by atoms with Gasteiger partial charge in [0.15, 0.2) is 5.76 Å². The molecule has 2 aromatic rings. The minimum atomic E-state index is -0.678. The standard InChI is InChI=1S/C14H12N2O2/c1-10-4-6-11(7-5-10)12(9-15)16-14(17)13-3-2-8-18-13/h2-8,12H,1H3,(H,16,17). The third-order valence-corrected chi connectivity index (χ3v) is 2.56. The van der Waals surface area contributed by atoms with Crippen LogP contribution in [0.4, 0.5) is 0 Å². The van der Waals surface area contributed by atoms with E-state index in [2.05, 4.69) is 11.4 Å². The highest BCUT2D eigenvalue weighted by Crippen LogP contribution is 2.14. The van der Waals surface area contributed by atoms with E-state index in [-0.39, 0.29) is 5.76 Å². The predicted molar refractivity (Wildman–Crippen MR) is 65.7 cm³/mol. The van der Waals surface area contributed by atoms with Crippen molar-refractivity contribution in [2.45, 2.75) is 13.0 Å². The van der Waals surface area contributed by atoms with Crippen molar-refractivity contribution in [1.82, 2.24) is 5.32 Å². The molecule has 1 unspecified atom stereocenters. The van der Waals surface area contributed by atoms with Crippen LogP contribution in [0.3, 0.4) is 0 Å². The Kier molecular flexibility index (Phi) is 3.44. The molecule has 0 aliphatic carbocycles. The molecule has 0 aliphatic rings. The van der Waals surface area contributed by atoms with Crippen LogP contribution in [0.15, 0.2) is 47.1 Å². The second-order valence-corrected chi connectivity index (χ2v) is 3.92. The number of carbonyl (C=O) groups excluding carboxylic acids is 1. The molecule has 0 spiro atoms. The lowest BCUT2D eigenvalue weighted by Crippen LogP contribution is -2.27. The fraction of sp³-hybridized carbons (Fsp3) is 0.143. The fourth-order valence-corrected chi connectivity index (χ4v) is 1.56. The van der Waals surface area contributed by atoms with Gasteiger partial charge in [-0.25, -0.2) is 0 Å². The second-order valence-electron chi connectivity index (χ2n) is 3.92. The molecule has 0 bridgehead atoms. The molecule has 0 aliphatic heterocycles. The highest BCUT2D eigenvalue weighted by Gasteiger charge is 2.16. The van der Waals surface area contributed by atoms with Crippen LogP contribution >= 0.6 is 0 Å². The molecule has 4 nitrogen and oxygen atoms in total. The zero-order chi connectivity index (χ0) is 13.0. The van der Waals surface area contributed by atoms with Gasteiger partial charge < -0.3 is 9.73 Å². The lowest BCUT2D eigenvalue weighted by atomic mass is 10.1. The summed E-state index contributed by atoms with van der Waals surface area (Å²) < 4.78 is 4.97. The summed E-state index contributed by atoms with van der Waals surface area (Å²) in [6, 6.07) is 12.0. The van der Waals surface area contributed by atoms with E-state index in [0.29, 0.717) is 0 Å². The first-order chi connectivity index (χ1) is 8.70. The first-order valence-corrected chi connectivity index (χ1v) is 5.51. The van der Waals surface area contributed by atoms with E-state index in [1.807, 2.05) is 31.2 Å². The van der Waals surface area contributed by atoms with Crippen LogP contribution in [0, 0.1) is 18.3 Å². The summed E-state index contributed by atoms with van der Waals surface area (Å²) >= 11 is 0. The Labute approximate surface area is 105 Å². The largest absolute Gasteiger partial charge is 0.459 e. The van der Waals surface area contributed by atoms with Crippen LogP contribution in [0.25, 0.3) is 0 Å². The van der Waals surface area contributed by atoms with E-state index < -0.39 is 11.9 Å². The first-order valence-electron chi connectivity index (χ1n) is 5.51. The minimum absolute atomic E-state index is 0.197. The molecule has 0 fully saturated rings. The van der Waals surface area contributed by atoms with Crippen molar-refractivity contribution >= 4 is 5.91 Å². The molecule has 0 saturated heterocycles. The number of nitrogens with zero attached hydrogens (tertiary/aromatic N) is 1. The summed E-state index contributed by atoms with van der Waals surface area (Å²) in [5.41, 5.74) is 1.86. The van der Waals surface area contributed by atoms with Gasteiger partial charge in [-0.2, -0.15) is 5.26 Å². The number of nitrogens with one attached hydrogen (secondary N) is 1. The zero-order valence-electron chi connectivity index (χ0n) is 9.88. The van der Waals surface area contributed by atoms with Crippen molar-refractivity contribution in [1.29, 1.82) is 5.26 Å². The summed E-state index contributed by atoms with van der Waals surface area (Å²) in [7, 11) is 0. The van der Waals surface area contributed by atoms with E-state index in [9.17, 15) is 4.79 Å². The maximum Gasteiger partial charge on any atom is 0.288 e. The van der Waals surface area contributed by atoms with Gasteiger partial charge in [-0.1, -0.05) is 29.8 Å². The summed E-state index contributed by atoms with van der Waals surface area (Å²) in [5.74, 6) is -0.200. The molecule has 1 amide bonds. The van der Waals surface area contributed by atoms with Crippen LogP contribution in [-0.2, 0) is 0 Å². The average Bonchev–Trinajstić information content (AvgIpc) is 2.91. The monoisotopic (exact) mass is 240 g/mol. The Morgan fingerprint density at radius 2 is 2.06 bits per heavy atom. The molecule has 1 N–H and O–H groups in total. The van der Waals surface area contributed by atoms with Gasteiger partial charge in [-0.05, 0) is 24.6 Å². The maximum atomic E-state index is 11.8. The highest BCUT2D eigenvalue weighted by atomic mass is 16.3. The Hall–Kier alpha value is -2.54. The number of aryl methyl sites for hydroxylation is 1. The van der Waals surface area contributed by atoms with Crippen molar-refractivity contribution in [3.63, 3.8) is 0 Å². The van der Waals surface area contributed by atoms with E-state index in [1.54, 1.807) is 12.1 Å². The van der Waals surface area contributed by atoms with Gasteiger partial charge in [0.05, 0.1) is 12.3 Å². The summed E-state index contributed by atoms with van der Waals surface area (Å²) in [6.45, 7) is 1.96. The number of furan rings is 1. The van der Waals surface area contributed by atoms with Gasteiger partial charge in [0.25, 0.3) is 5.91 Å². The molecule has 4 heteroatoms. The Morgan fingerprint density at radius 3 is 2.61 bits per heavy atom. The number of nitriles is 1. The van der Waals surface area contributed by atoms with Gasteiger partial charge in [-0.15, -0.1) is 0 Å². The van der Waals surface area contributed by atoms with Gasteiger partial charge in [-0.3, -0.25) is 4.79 Å². The van der Waals surface area contributed by atoms with Gasteiger partial charge >= 0.3 is 0 Å². The molecule has 90 valence electrons. The molecule has 0 radical (unpaired) electrons. The zero-order valence-corrected chi connectivity index (χ0v) is 9.88. The number of benzene rings is 1. The SMILES string of the molecule is Cc1ccc(C(C#N)NC(=O)c2ccco2)cc1. The lowest BCUT2D eigenvalue weighted by molar-refractivity contribution is 0.0917. The molecular formula is C14H12N2O2. The van der Waals surface area contributed by atoms with Gasteiger partial charge in [0.1, 0.15) is 6.04 Å². The topological polar surface area (TPSA) is 66.0 Å². The van der Waals surface area contributed by atoms with Crippen LogP contribution in [0.1, 0.15) is 27.7 Å². The fourth-order valence-electron chi connectivity index (χ4n) is 1.56. The van der Waals surface area contributed by atoms with Crippen LogP contribution in [0.2, 0.25) is 0 Å². The van der Waals surface area contributed by atoms with Gasteiger partial charge in [0.2, 0.25) is 0 Å². The van der Waals surface area contributed by atoms with Crippen molar-refractivity contribution in [3.05, 3.63) is 59.5 Å². The quantitative estimate of drug-likeness (QED) is 0.896. The number of rotatable bonds is 3. The molecule has 1 atom stereocenters. The van der Waals surface area contributed by atoms with Crippen LogP contribution in [0.5, 0.6) is 0 Å². The normalized spacial score (nSPS) is 11.6. The summed E-state index contributed by atoms with van der Waals surface area (Å²) in [4.78, 5) is 11.8. The molecule has 1 aromatic heterocycles. The van der Waals surface area contributed by atoms with E-state index in [0.717, 1.165) is 11.1 Å². The summed E-state index contributed by atoms with van der Waals surface area (Å²) in [6.07, 6.45) is 1.42. The minimum Gasteiger partial charge on any atom is -0.459 e. The number of hydrogen-bond acceptors (Lipinski definition) is 3. The van der Waals surface area contributed by atoms with E-state index in [1.165, 1.54) is 6.26 Å². The molecule has 0 saturated carbocycles. The number of carbonyl (C=O) groups is 1. The molecule has 1 aromatic carbocycles. The molecule has 18 heavy (non-hydrogen) atoms. The van der Waals surface area contributed by atoms with E-state index in [4.69, 9.17) is 9.68 Å². The van der Waals surface area contributed by atoms with Crippen molar-refractivity contribution in [3.8, 4) is 6.07 Å². The van der Waals surface area contributed by atoms with Crippen LogP contribution in [-0.4, -0.2) is 5.91 Å². The predicted octanol–water partition coefficient (Wildman–Crippen LogP) is 2.58. The third-order valence-electron chi connectivity index (χ3n) is 2.56. The van der Waals surface area contributed by atoms with Gasteiger partial charge in [0, 0.05) is 0 Å². The number of hydrogen-bond donors (Lipinski definition) is 1. The molecule has 2 rings (SSSR count). The highest BCUT2D eigenvalue weighted by molar-refractivity contribution is 5.91. The molecular weight excluding hydrogens is 228 g/mol. The number of amides is 1. The van der Waals surface area contributed by atoms with Crippen molar-refractivity contribution in [2.75, 3.05) is 0 Å². The van der Waals surface area contributed by atoms with Crippen molar-refractivity contribution in [2.24, 2.45) is 0 Å².